The van der Waals surface area contributed by atoms with Crippen LogP contribution in [0.5, 0.6) is 0 Å². The molecule has 0 fully saturated rings. The second-order valence-electron chi connectivity index (χ2n) is 6.13. The minimum absolute atomic E-state index is 0.191. The summed E-state index contributed by atoms with van der Waals surface area (Å²) in [5.74, 6) is 1.37. The van der Waals surface area contributed by atoms with Gasteiger partial charge in [0.2, 0.25) is 0 Å². The molecule has 1 atom stereocenters. The normalized spacial score (nSPS) is 17.4. The van der Waals surface area contributed by atoms with Crippen molar-refractivity contribution >= 4 is 33.3 Å². The Hall–Kier alpha value is -1.46. The van der Waals surface area contributed by atoms with Crippen LogP contribution in [0, 0.1) is 11.7 Å². The number of nitrogens with zero attached hydrogens (tertiary/aromatic N) is 2. The van der Waals surface area contributed by atoms with Gasteiger partial charge in [-0.1, -0.05) is 19.1 Å². The van der Waals surface area contributed by atoms with Gasteiger partial charge in [0.05, 0.1) is 0 Å². The molecule has 118 valence electrons. The highest BCUT2D eigenvalue weighted by atomic mass is 32.2. The molecule has 2 heterocycles. The second kappa shape index (κ2) is 6.21. The Balaban J connectivity index is 1.66. The molecule has 0 spiro atoms. The van der Waals surface area contributed by atoms with Crippen molar-refractivity contribution in [3.8, 4) is 0 Å². The SMILES string of the molecule is CC1CCc2c(sc3ncnc(SCc4ccc(F)cc4)c23)C1. The first kappa shape index (κ1) is 15.1. The molecule has 0 saturated carbocycles. The summed E-state index contributed by atoms with van der Waals surface area (Å²) in [5.41, 5.74) is 2.58. The van der Waals surface area contributed by atoms with E-state index >= 15 is 0 Å². The average Bonchev–Trinajstić information content (AvgIpc) is 2.92. The summed E-state index contributed by atoms with van der Waals surface area (Å²) in [6, 6.07) is 6.70. The molecule has 0 bridgehead atoms. The van der Waals surface area contributed by atoms with Crippen molar-refractivity contribution in [2.24, 2.45) is 5.92 Å². The molecule has 2 nitrogen and oxygen atoms in total. The lowest BCUT2D eigenvalue weighted by molar-refractivity contribution is 0.509. The van der Waals surface area contributed by atoms with Crippen LogP contribution in [0.1, 0.15) is 29.3 Å². The maximum atomic E-state index is 13.0. The molecule has 1 aromatic carbocycles. The highest BCUT2D eigenvalue weighted by molar-refractivity contribution is 7.98. The predicted molar refractivity (Wildman–Crippen MR) is 94.6 cm³/mol. The monoisotopic (exact) mass is 344 g/mol. The van der Waals surface area contributed by atoms with Gasteiger partial charge < -0.3 is 0 Å². The molecule has 3 aromatic rings. The van der Waals surface area contributed by atoms with Crippen LogP contribution in [-0.4, -0.2) is 9.97 Å². The summed E-state index contributed by atoms with van der Waals surface area (Å²) in [6.45, 7) is 2.32. The molecule has 2 aromatic heterocycles. The average molecular weight is 344 g/mol. The number of benzene rings is 1. The quantitative estimate of drug-likeness (QED) is 0.479. The summed E-state index contributed by atoms with van der Waals surface area (Å²) in [7, 11) is 0. The van der Waals surface area contributed by atoms with Crippen LogP contribution in [0.15, 0.2) is 35.6 Å². The largest absolute Gasteiger partial charge is 0.229 e. The van der Waals surface area contributed by atoms with Crippen molar-refractivity contribution in [2.75, 3.05) is 0 Å². The molecule has 1 unspecified atom stereocenters. The van der Waals surface area contributed by atoms with E-state index in [9.17, 15) is 4.39 Å². The van der Waals surface area contributed by atoms with Crippen molar-refractivity contribution in [3.05, 3.63) is 52.4 Å². The van der Waals surface area contributed by atoms with Gasteiger partial charge >= 0.3 is 0 Å². The summed E-state index contributed by atoms with van der Waals surface area (Å²) in [5, 5.41) is 2.32. The van der Waals surface area contributed by atoms with Crippen LogP contribution in [0.25, 0.3) is 10.2 Å². The van der Waals surface area contributed by atoms with Crippen molar-refractivity contribution in [3.63, 3.8) is 0 Å². The fourth-order valence-electron chi connectivity index (χ4n) is 3.09. The van der Waals surface area contributed by atoms with Gasteiger partial charge in [-0.25, -0.2) is 14.4 Å². The Labute approximate surface area is 143 Å². The van der Waals surface area contributed by atoms with Crippen LogP contribution < -0.4 is 0 Å². The minimum Gasteiger partial charge on any atom is -0.229 e. The zero-order valence-electron chi connectivity index (χ0n) is 12.9. The molecule has 0 radical (unpaired) electrons. The number of halogens is 1. The van der Waals surface area contributed by atoms with Crippen molar-refractivity contribution in [1.82, 2.24) is 9.97 Å². The fourth-order valence-corrected chi connectivity index (χ4v) is 5.48. The van der Waals surface area contributed by atoms with Crippen LogP contribution in [-0.2, 0) is 18.6 Å². The maximum absolute atomic E-state index is 13.0. The Kier molecular flexibility index (Phi) is 4.07. The molecule has 0 saturated heterocycles. The zero-order valence-corrected chi connectivity index (χ0v) is 14.5. The maximum Gasteiger partial charge on any atom is 0.128 e. The Morgan fingerprint density at radius 2 is 2.09 bits per heavy atom. The highest BCUT2D eigenvalue weighted by Gasteiger charge is 2.23. The molecule has 0 aliphatic heterocycles. The molecule has 1 aliphatic rings. The lowest BCUT2D eigenvalue weighted by Gasteiger charge is -2.18. The van der Waals surface area contributed by atoms with E-state index in [1.54, 1.807) is 18.1 Å². The van der Waals surface area contributed by atoms with Crippen molar-refractivity contribution < 1.29 is 4.39 Å². The number of thioether (sulfide) groups is 1. The lowest BCUT2D eigenvalue weighted by Crippen LogP contribution is -2.08. The van der Waals surface area contributed by atoms with Crippen LogP contribution in [0.4, 0.5) is 4.39 Å². The Morgan fingerprint density at radius 3 is 2.91 bits per heavy atom. The lowest BCUT2D eigenvalue weighted by atomic mass is 9.89. The smallest absolute Gasteiger partial charge is 0.128 e. The first-order valence-corrected chi connectivity index (χ1v) is 9.63. The Morgan fingerprint density at radius 1 is 1.26 bits per heavy atom. The number of thiophene rings is 1. The highest BCUT2D eigenvalue weighted by Crippen LogP contribution is 2.40. The molecule has 23 heavy (non-hydrogen) atoms. The standard InChI is InChI=1S/C18H17FN2S2/c1-11-2-7-14-15(8-11)23-18-16(14)17(20-10-21-18)22-9-12-3-5-13(19)6-4-12/h3-6,10-11H,2,7-9H2,1H3. The molecule has 4 rings (SSSR count). The van der Waals surface area contributed by atoms with E-state index in [1.165, 1.54) is 40.8 Å². The zero-order chi connectivity index (χ0) is 15.8. The third-order valence-electron chi connectivity index (χ3n) is 4.35. The number of hydrogen-bond acceptors (Lipinski definition) is 4. The topological polar surface area (TPSA) is 25.8 Å². The van der Waals surface area contributed by atoms with Gasteiger partial charge in [0, 0.05) is 16.0 Å². The van der Waals surface area contributed by atoms with Gasteiger partial charge in [0.1, 0.15) is 22.0 Å². The number of aromatic nitrogens is 2. The number of fused-ring (bicyclic) bond motifs is 3. The first-order valence-electron chi connectivity index (χ1n) is 7.83. The number of aryl methyl sites for hydroxylation is 1. The third kappa shape index (κ3) is 3.00. The van der Waals surface area contributed by atoms with Gasteiger partial charge in [-0.15, -0.1) is 23.1 Å². The van der Waals surface area contributed by atoms with Gasteiger partial charge in [0.25, 0.3) is 0 Å². The molecule has 5 heteroatoms. The van der Waals surface area contributed by atoms with Gasteiger partial charge in [-0.3, -0.25) is 0 Å². The van der Waals surface area contributed by atoms with Crippen LogP contribution in [0.3, 0.4) is 0 Å². The molecule has 0 N–H and O–H groups in total. The van der Waals surface area contributed by atoms with E-state index in [-0.39, 0.29) is 5.82 Å². The van der Waals surface area contributed by atoms with E-state index < -0.39 is 0 Å². The van der Waals surface area contributed by atoms with Crippen LogP contribution in [0.2, 0.25) is 0 Å². The molecule has 0 amide bonds. The van der Waals surface area contributed by atoms with E-state index in [4.69, 9.17) is 0 Å². The van der Waals surface area contributed by atoms with Crippen LogP contribution >= 0.6 is 23.1 Å². The van der Waals surface area contributed by atoms with Gasteiger partial charge in [-0.2, -0.15) is 0 Å². The predicted octanol–water partition coefficient (Wildman–Crippen LogP) is 5.25. The van der Waals surface area contributed by atoms with E-state index in [0.717, 1.165) is 33.5 Å². The molecular formula is C18H17FN2S2. The Bertz CT molecular complexity index is 842. The number of hydrogen-bond donors (Lipinski definition) is 0. The summed E-state index contributed by atoms with van der Waals surface area (Å²) < 4.78 is 13.0. The third-order valence-corrected chi connectivity index (χ3v) is 6.57. The van der Waals surface area contributed by atoms with E-state index in [2.05, 4.69) is 16.9 Å². The van der Waals surface area contributed by atoms with Gasteiger partial charge in [0.15, 0.2) is 0 Å². The van der Waals surface area contributed by atoms with Gasteiger partial charge in [-0.05, 0) is 48.4 Å². The van der Waals surface area contributed by atoms with Crippen molar-refractivity contribution in [2.45, 2.75) is 37.0 Å². The molecule has 1 aliphatic carbocycles. The van der Waals surface area contributed by atoms with E-state index in [1.807, 2.05) is 23.5 Å². The summed E-state index contributed by atoms with van der Waals surface area (Å²) >= 11 is 3.55. The first-order chi connectivity index (χ1) is 11.2. The fraction of sp³-hybridized carbons (Fsp3) is 0.333. The summed E-state index contributed by atoms with van der Waals surface area (Å²) in [6.07, 6.45) is 5.21. The molecular weight excluding hydrogens is 327 g/mol. The number of rotatable bonds is 3. The minimum atomic E-state index is -0.191. The summed E-state index contributed by atoms with van der Waals surface area (Å²) in [4.78, 5) is 11.6. The van der Waals surface area contributed by atoms with Crippen molar-refractivity contribution in [1.29, 1.82) is 0 Å². The van der Waals surface area contributed by atoms with E-state index in [0.29, 0.717) is 0 Å². The second-order valence-corrected chi connectivity index (χ2v) is 8.17.